The van der Waals surface area contributed by atoms with Crippen molar-refractivity contribution in [3.05, 3.63) is 36.8 Å². The Hall–Kier alpha value is -2.50. The first-order chi connectivity index (χ1) is 15.4. The Kier molecular flexibility index (Phi) is 6.77. The molecular formula is C21H26N6O3S2. The first kappa shape index (κ1) is 22.7. The summed E-state index contributed by atoms with van der Waals surface area (Å²) in [4.78, 5) is 21.1. The molecule has 0 saturated heterocycles. The van der Waals surface area contributed by atoms with Gasteiger partial charge in [0.15, 0.2) is 5.65 Å². The van der Waals surface area contributed by atoms with Crippen LogP contribution in [-0.4, -0.2) is 57.2 Å². The van der Waals surface area contributed by atoms with Gasteiger partial charge in [0.1, 0.15) is 11.4 Å². The normalized spacial score (nSPS) is 15.3. The van der Waals surface area contributed by atoms with Crippen molar-refractivity contribution in [2.24, 2.45) is 7.05 Å². The van der Waals surface area contributed by atoms with E-state index in [9.17, 15) is 13.2 Å². The predicted molar refractivity (Wildman–Crippen MR) is 124 cm³/mol. The van der Waals surface area contributed by atoms with Gasteiger partial charge in [-0.25, -0.2) is 18.4 Å². The molecule has 3 aromatic rings. The quantitative estimate of drug-likeness (QED) is 0.414. The van der Waals surface area contributed by atoms with Crippen LogP contribution in [0.4, 0.5) is 5.69 Å². The Morgan fingerprint density at radius 1 is 1.19 bits per heavy atom. The van der Waals surface area contributed by atoms with E-state index in [-0.39, 0.29) is 22.6 Å². The first-order valence-corrected chi connectivity index (χ1v) is 12.9. The number of hydrogen-bond donors (Lipinski definition) is 1. The topological polar surface area (TPSA) is 110 Å². The lowest BCUT2D eigenvalue weighted by atomic mass is 9.96. The zero-order chi connectivity index (χ0) is 22.7. The van der Waals surface area contributed by atoms with Crippen LogP contribution < -0.4 is 5.32 Å². The van der Waals surface area contributed by atoms with Gasteiger partial charge in [-0.05, 0) is 37.1 Å². The number of thioether (sulfide) groups is 1. The average molecular weight is 475 g/mol. The third-order valence-electron chi connectivity index (χ3n) is 5.74. The second-order valence-corrected chi connectivity index (χ2v) is 10.8. The van der Waals surface area contributed by atoms with Crippen LogP contribution >= 0.6 is 11.8 Å². The van der Waals surface area contributed by atoms with Gasteiger partial charge >= 0.3 is 0 Å². The summed E-state index contributed by atoms with van der Waals surface area (Å²) < 4.78 is 29.1. The van der Waals surface area contributed by atoms with Gasteiger partial charge in [0.05, 0.1) is 22.2 Å². The lowest BCUT2D eigenvalue weighted by molar-refractivity contribution is -0.113. The molecule has 170 valence electrons. The molecule has 1 N–H and O–H groups in total. The van der Waals surface area contributed by atoms with Crippen LogP contribution in [0, 0.1) is 0 Å². The second-order valence-electron chi connectivity index (χ2n) is 7.86. The van der Waals surface area contributed by atoms with Crippen molar-refractivity contribution >= 4 is 44.4 Å². The Morgan fingerprint density at radius 3 is 2.62 bits per heavy atom. The van der Waals surface area contributed by atoms with E-state index in [4.69, 9.17) is 0 Å². The van der Waals surface area contributed by atoms with Crippen LogP contribution in [0.3, 0.4) is 0 Å². The number of hydrogen-bond acceptors (Lipinski definition) is 7. The maximum atomic E-state index is 12.9. The zero-order valence-electron chi connectivity index (χ0n) is 18.1. The molecule has 1 aliphatic rings. The largest absolute Gasteiger partial charge is 0.325 e. The number of nitrogens with zero attached hydrogens (tertiary/aromatic N) is 5. The van der Waals surface area contributed by atoms with E-state index in [1.807, 2.05) is 0 Å². The molecule has 2 aromatic heterocycles. The molecule has 2 heterocycles. The average Bonchev–Trinajstić information content (AvgIpc) is 3.19. The fourth-order valence-electron chi connectivity index (χ4n) is 3.90. The number of aromatic nitrogens is 4. The van der Waals surface area contributed by atoms with Crippen molar-refractivity contribution in [3.8, 4) is 0 Å². The van der Waals surface area contributed by atoms with Gasteiger partial charge in [0.25, 0.3) is 0 Å². The lowest BCUT2D eigenvalue weighted by Gasteiger charge is -2.30. The molecule has 0 atom stereocenters. The SMILES string of the molecule is CN(C1CCCCC1)S(=O)(=O)c1ccc(NC(=O)CSc2ncnc3c2cnn3C)cc1. The number of fused-ring (bicyclic) bond motifs is 1. The van der Waals surface area contributed by atoms with Gasteiger partial charge in [-0.2, -0.15) is 9.40 Å². The van der Waals surface area contributed by atoms with Crippen LogP contribution in [0.5, 0.6) is 0 Å². The summed E-state index contributed by atoms with van der Waals surface area (Å²) in [5, 5.41) is 8.45. The summed E-state index contributed by atoms with van der Waals surface area (Å²) in [6.07, 6.45) is 8.23. The Balaban J connectivity index is 1.37. The Bertz CT molecular complexity index is 1200. The molecule has 32 heavy (non-hydrogen) atoms. The highest BCUT2D eigenvalue weighted by Crippen LogP contribution is 2.27. The third kappa shape index (κ3) is 4.79. The number of carbonyl (C=O) groups is 1. The molecule has 0 radical (unpaired) electrons. The van der Waals surface area contributed by atoms with Crippen molar-refractivity contribution in [1.82, 2.24) is 24.1 Å². The third-order valence-corrected chi connectivity index (χ3v) is 8.67. The van der Waals surface area contributed by atoms with Gasteiger partial charge in [-0.15, -0.1) is 0 Å². The maximum absolute atomic E-state index is 12.9. The number of anilines is 1. The summed E-state index contributed by atoms with van der Waals surface area (Å²) in [5.74, 6) is -0.0496. The number of sulfonamides is 1. The van der Waals surface area contributed by atoms with Gasteiger partial charge in [0.2, 0.25) is 15.9 Å². The van der Waals surface area contributed by atoms with Crippen molar-refractivity contribution in [1.29, 1.82) is 0 Å². The minimum absolute atomic E-state index is 0.0539. The minimum atomic E-state index is -3.55. The van der Waals surface area contributed by atoms with Crippen molar-refractivity contribution in [3.63, 3.8) is 0 Å². The molecule has 0 bridgehead atoms. The summed E-state index contributed by atoms with van der Waals surface area (Å²) in [7, 11) is -0.0983. The van der Waals surface area contributed by atoms with Gasteiger partial charge in [0, 0.05) is 25.8 Å². The molecule has 1 fully saturated rings. The van der Waals surface area contributed by atoms with Gasteiger partial charge in [-0.1, -0.05) is 31.0 Å². The van der Waals surface area contributed by atoms with Crippen LogP contribution in [0.1, 0.15) is 32.1 Å². The molecule has 0 unspecified atom stereocenters. The summed E-state index contributed by atoms with van der Waals surface area (Å²) in [5.41, 5.74) is 1.25. The Labute approximate surface area is 191 Å². The van der Waals surface area contributed by atoms with Crippen LogP contribution in [-0.2, 0) is 21.9 Å². The van der Waals surface area contributed by atoms with E-state index < -0.39 is 10.0 Å². The van der Waals surface area contributed by atoms with Crippen LogP contribution in [0.2, 0.25) is 0 Å². The molecule has 0 spiro atoms. The molecular weight excluding hydrogens is 448 g/mol. The number of aryl methyl sites for hydroxylation is 1. The highest BCUT2D eigenvalue weighted by atomic mass is 32.2. The van der Waals surface area contributed by atoms with E-state index >= 15 is 0 Å². The molecule has 4 rings (SSSR count). The van der Waals surface area contributed by atoms with Gasteiger partial charge in [-0.3, -0.25) is 9.48 Å². The number of nitrogens with one attached hydrogen (secondary N) is 1. The highest BCUT2D eigenvalue weighted by molar-refractivity contribution is 8.00. The maximum Gasteiger partial charge on any atom is 0.243 e. The van der Waals surface area contributed by atoms with Crippen molar-refractivity contribution < 1.29 is 13.2 Å². The van der Waals surface area contributed by atoms with Gasteiger partial charge < -0.3 is 5.32 Å². The molecule has 9 nitrogen and oxygen atoms in total. The number of rotatable bonds is 7. The summed E-state index contributed by atoms with van der Waals surface area (Å²) in [6.45, 7) is 0. The predicted octanol–water partition coefficient (Wildman–Crippen LogP) is 3.05. The van der Waals surface area contributed by atoms with E-state index in [2.05, 4.69) is 20.4 Å². The number of amides is 1. The number of benzene rings is 1. The molecule has 1 aromatic carbocycles. The monoisotopic (exact) mass is 474 g/mol. The highest BCUT2D eigenvalue weighted by Gasteiger charge is 2.28. The second kappa shape index (κ2) is 9.55. The van der Waals surface area contributed by atoms with Crippen molar-refractivity contribution in [2.75, 3.05) is 18.1 Å². The van der Waals surface area contributed by atoms with Crippen LogP contribution in [0.15, 0.2) is 46.7 Å². The van der Waals surface area contributed by atoms with E-state index in [0.717, 1.165) is 31.1 Å². The zero-order valence-corrected chi connectivity index (χ0v) is 19.7. The van der Waals surface area contributed by atoms with E-state index in [1.54, 1.807) is 49.2 Å². The van der Waals surface area contributed by atoms with E-state index in [0.29, 0.717) is 16.4 Å². The summed E-state index contributed by atoms with van der Waals surface area (Å²) in [6, 6.07) is 6.38. The molecule has 1 saturated carbocycles. The molecule has 0 aliphatic heterocycles. The standard InChI is InChI=1S/C21H26N6O3S2/c1-26-20-18(12-24-26)21(23-14-22-20)31-13-19(28)25-15-8-10-17(11-9-15)32(29,30)27(2)16-6-4-3-5-7-16/h8-12,14,16H,3-7,13H2,1-2H3,(H,25,28). The summed E-state index contributed by atoms with van der Waals surface area (Å²) >= 11 is 1.30. The van der Waals surface area contributed by atoms with E-state index in [1.165, 1.54) is 28.8 Å². The fourth-order valence-corrected chi connectivity index (χ4v) is 6.08. The molecule has 11 heteroatoms. The first-order valence-electron chi connectivity index (χ1n) is 10.5. The van der Waals surface area contributed by atoms with Crippen molar-refractivity contribution in [2.45, 2.75) is 48.1 Å². The Morgan fingerprint density at radius 2 is 1.91 bits per heavy atom. The molecule has 1 amide bonds. The fraction of sp³-hybridized carbons (Fsp3) is 0.429. The van der Waals surface area contributed by atoms with Crippen LogP contribution in [0.25, 0.3) is 11.0 Å². The number of carbonyl (C=O) groups excluding carboxylic acids is 1. The minimum Gasteiger partial charge on any atom is -0.325 e. The lowest BCUT2D eigenvalue weighted by Crippen LogP contribution is -2.38. The molecule has 1 aliphatic carbocycles. The smallest absolute Gasteiger partial charge is 0.243 e.